The van der Waals surface area contributed by atoms with Gasteiger partial charge in [0.1, 0.15) is 0 Å². The fraction of sp³-hybridized carbons (Fsp3) is 0.167. The molecule has 0 spiro atoms. The van der Waals surface area contributed by atoms with Crippen LogP contribution in [-0.4, -0.2) is 15.0 Å². The average molecular weight is 235 g/mol. The topological polar surface area (TPSA) is 34.9 Å². The van der Waals surface area contributed by atoms with Gasteiger partial charge in [-0.05, 0) is 35.7 Å². The zero-order valence-electron chi connectivity index (χ0n) is 8.85. The molecule has 0 saturated carbocycles. The Labute approximate surface area is 98.7 Å². The van der Waals surface area contributed by atoms with Crippen molar-refractivity contribution in [1.82, 2.24) is 9.78 Å². The highest BCUT2D eigenvalue weighted by Gasteiger charge is 2.05. The Bertz CT molecular complexity index is 502. The molecule has 0 radical (unpaired) electrons. The summed E-state index contributed by atoms with van der Waals surface area (Å²) in [6, 6.07) is 8.01. The first-order chi connectivity index (χ1) is 7.70. The minimum absolute atomic E-state index is 0.404. The van der Waals surface area contributed by atoms with Crippen molar-refractivity contribution in [2.45, 2.75) is 13.3 Å². The van der Waals surface area contributed by atoms with E-state index >= 15 is 0 Å². The van der Waals surface area contributed by atoms with Crippen LogP contribution in [-0.2, 0) is 6.42 Å². The lowest BCUT2D eigenvalue weighted by atomic mass is 10.1. The van der Waals surface area contributed by atoms with Gasteiger partial charge < -0.3 is 0 Å². The van der Waals surface area contributed by atoms with Crippen molar-refractivity contribution >= 4 is 16.8 Å². The van der Waals surface area contributed by atoms with Gasteiger partial charge in [0, 0.05) is 6.20 Å². The number of benzene rings is 1. The third kappa shape index (κ3) is 2.14. The standard InChI is InChI=1S/C12H11ClN2O/c1-2-9-3-5-11(6-4-9)15-8-10(7-14-15)12(13)16/h3-8H,2H2,1H3. The molecular weight excluding hydrogens is 224 g/mol. The number of hydrogen-bond acceptors (Lipinski definition) is 2. The molecule has 2 aromatic rings. The minimum Gasteiger partial charge on any atom is -0.275 e. The Morgan fingerprint density at radius 1 is 1.38 bits per heavy atom. The summed E-state index contributed by atoms with van der Waals surface area (Å²) in [4.78, 5) is 10.9. The second-order valence-corrected chi connectivity index (χ2v) is 3.81. The van der Waals surface area contributed by atoms with E-state index in [-0.39, 0.29) is 0 Å². The Kier molecular flexibility index (Phi) is 3.06. The van der Waals surface area contributed by atoms with E-state index in [1.165, 1.54) is 11.8 Å². The van der Waals surface area contributed by atoms with Gasteiger partial charge in [-0.25, -0.2) is 4.68 Å². The molecule has 1 aromatic heterocycles. The smallest absolute Gasteiger partial charge is 0.255 e. The molecule has 0 N–H and O–H groups in total. The van der Waals surface area contributed by atoms with Crippen LogP contribution in [0.25, 0.3) is 5.69 Å². The molecule has 16 heavy (non-hydrogen) atoms. The molecule has 0 atom stereocenters. The summed E-state index contributed by atoms with van der Waals surface area (Å²) in [6.07, 6.45) is 4.09. The van der Waals surface area contributed by atoms with E-state index < -0.39 is 5.24 Å². The van der Waals surface area contributed by atoms with E-state index in [1.807, 2.05) is 24.3 Å². The lowest BCUT2D eigenvalue weighted by Crippen LogP contribution is -1.94. The maximum Gasteiger partial charge on any atom is 0.255 e. The summed E-state index contributed by atoms with van der Waals surface area (Å²) in [5.41, 5.74) is 2.59. The summed E-state index contributed by atoms with van der Waals surface area (Å²) < 4.78 is 1.63. The van der Waals surface area contributed by atoms with Crippen molar-refractivity contribution < 1.29 is 4.79 Å². The van der Waals surface area contributed by atoms with Crippen molar-refractivity contribution in [2.24, 2.45) is 0 Å². The first kappa shape index (κ1) is 10.9. The lowest BCUT2D eigenvalue weighted by Gasteiger charge is -2.01. The predicted octanol–water partition coefficient (Wildman–Crippen LogP) is 2.81. The summed E-state index contributed by atoms with van der Waals surface area (Å²) in [5.74, 6) is 0. The number of rotatable bonds is 3. The first-order valence-electron chi connectivity index (χ1n) is 5.04. The molecule has 2 rings (SSSR count). The van der Waals surface area contributed by atoms with Gasteiger partial charge in [0.05, 0.1) is 17.4 Å². The van der Waals surface area contributed by atoms with Crippen LogP contribution in [0.3, 0.4) is 0 Å². The van der Waals surface area contributed by atoms with Crippen LogP contribution in [0.1, 0.15) is 22.8 Å². The molecule has 3 nitrogen and oxygen atoms in total. The van der Waals surface area contributed by atoms with Gasteiger partial charge in [-0.1, -0.05) is 19.1 Å². The maximum atomic E-state index is 10.9. The van der Waals surface area contributed by atoms with Crippen molar-refractivity contribution in [2.75, 3.05) is 0 Å². The van der Waals surface area contributed by atoms with Gasteiger partial charge in [0.2, 0.25) is 0 Å². The number of halogens is 1. The highest BCUT2D eigenvalue weighted by molar-refractivity contribution is 6.67. The van der Waals surface area contributed by atoms with Gasteiger partial charge in [0.25, 0.3) is 5.24 Å². The molecule has 82 valence electrons. The molecule has 0 amide bonds. The summed E-state index contributed by atoms with van der Waals surface area (Å²) >= 11 is 5.36. The second-order valence-electron chi connectivity index (χ2n) is 3.47. The van der Waals surface area contributed by atoms with E-state index in [4.69, 9.17) is 11.6 Å². The Hall–Kier alpha value is -1.61. The molecule has 0 fully saturated rings. The molecule has 0 saturated heterocycles. The van der Waals surface area contributed by atoms with Crippen LogP contribution in [0.4, 0.5) is 0 Å². The van der Waals surface area contributed by atoms with Crippen LogP contribution >= 0.6 is 11.6 Å². The van der Waals surface area contributed by atoms with Crippen molar-refractivity contribution in [3.8, 4) is 5.69 Å². The molecule has 0 aliphatic heterocycles. The van der Waals surface area contributed by atoms with Crippen LogP contribution < -0.4 is 0 Å². The average Bonchev–Trinajstić information content (AvgIpc) is 2.78. The number of aromatic nitrogens is 2. The predicted molar refractivity (Wildman–Crippen MR) is 63.1 cm³/mol. The third-order valence-corrected chi connectivity index (χ3v) is 2.64. The Morgan fingerprint density at radius 2 is 2.06 bits per heavy atom. The maximum absolute atomic E-state index is 10.9. The number of hydrogen-bond donors (Lipinski definition) is 0. The fourth-order valence-electron chi connectivity index (χ4n) is 1.45. The molecule has 0 aliphatic rings. The van der Waals surface area contributed by atoms with E-state index in [0.29, 0.717) is 5.56 Å². The minimum atomic E-state index is -0.489. The fourth-order valence-corrected chi connectivity index (χ4v) is 1.55. The lowest BCUT2D eigenvalue weighted by molar-refractivity contribution is 0.108. The SMILES string of the molecule is CCc1ccc(-n2cc(C(=O)Cl)cn2)cc1. The summed E-state index contributed by atoms with van der Waals surface area (Å²) in [5, 5.41) is 3.59. The normalized spacial score (nSPS) is 10.4. The number of carbonyl (C=O) groups excluding carboxylic acids is 1. The Balaban J connectivity index is 2.31. The van der Waals surface area contributed by atoms with Crippen molar-refractivity contribution in [3.05, 3.63) is 47.8 Å². The van der Waals surface area contributed by atoms with Crippen LogP contribution in [0, 0.1) is 0 Å². The highest BCUT2D eigenvalue weighted by Crippen LogP contribution is 2.11. The number of carbonyl (C=O) groups is 1. The largest absolute Gasteiger partial charge is 0.275 e. The molecule has 0 bridgehead atoms. The van der Waals surface area contributed by atoms with Crippen molar-refractivity contribution in [1.29, 1.82) is 0 Å². The zero-order chi connectivity index (χ0) is 11.5. The zero-order valence-corrected chi connectivity index (χ0v) is 9.61. The van der Waals surface area contributed by atoms with Gasteiger partial charge in [-0.2, -0.15) is 5.10 Å². The summed E-state index contributed by atoms with van der Waals surface area (Å²) in [7, 11) is 0. The number of nitrogens with zero attached hydrogens (tertiary/aromatic N) is 2. The molecule has 1 aromatic carbocycles. The molecule has 4 heteroatoms. The van der Waals surface area contributed by atoms with E-state index in [0.717, 1.165) is 12.1 Å². The highest BCUT2D eigenvalue weighted by atomic mass is 35.5. The second kappa shape index (κ2) is 4.49. The first-order valence-corrected chi connectivity index (χ1v) is 5.42. The molecule has 0 aliphatic carbocycles. The summed E-state index contributed by atoms with van der Waals surface area (Å²) in [6.45, 7) is 2.10. The van der Waals surface area contributed by atoms with E-state index in [9.17, 15) is 4.79 Å². The van der Waals surface area contributed by atoms with Gasteiger partial charge in [-0.15, -0.1) is 0 Å². The van der Waals surface area contributed by atoms with Crippen LogP contribution in [0.5, 0.6) is 0 Å². The monoisotopic (exact) mass is 234 g/mol. The van der Waals surface area contributed by atoms with E-state index in [1.54, 1.807) is 10.9 Å². The van der Waals surface area contributed by atoms with E-state index in [2.05, 4.69) is 12.0 Å². The molecule has 0 unspecified atom stereocenters. The van der Waals surface area contributed by atoms with Gasteiger partial charge in [0.15, 0.2) is 0 Å². The molecular formula is C12H11ClN2O. The number of aryl methyl sites for hydroxylation is 1. The van der Waals surface area contributed by atoms with Gasteiger partial charge >= 0.3 is 0 Å². The Morgan fingerprint density at radius 3 is 2.56 bits per heavy atom. The third-order valence-electron chi connectivity index (χ3n) is 2.42. The van der Waals surface area contributed by atoms with Gasteiger partial charge in [-0.3, -0.25) is 4.79 Å². The van der Waals surface area contributed by atoms with Crippen LogP contribution in [0.2, 0.25) is 0 Å². The van der Waals surface area contributed by atoms with Crippen LogP contribution in [0.15, 0.2) is 36.7 Å². The molecule has 1 heterocycles. The quantitative estimate of drug-likeness (QED) is 0.766. The van der Waals surface area contributed by atoms with Crippen molar-refractivity contribution in [3.63, 3.8) is 0 Å².